The highest BCUT2D eigenvalue weighted by molar-refractivity contribution is 6.30. The molecule has 20 heavy (non-hydrogen) atoms. The summed E-state index contributed by atoms with van der Waals surface area (Å²) < 4.78 is 0. The fraction of sp³-hybridized carbons (Fsp3) is 0.467. The monoisotopic (exact) mass is 295 g/mol. The van der Waals surface area contributed by atoms with E-state index in [0.29, 0.717) is 5.02 Å². The zero-order valence-corrected chi connectivity index (χ0v) is 11.9. The van der Waals surface area contributed by atoms with E-state index in [9.17, 15) is 9.59 Å². The fourth-order valence-electron chi connectivity index (χ4n) is 2.60. The van der Waals surface area contributed by atoms with Crippen LogP contribution in [0.15, 0.2) is 24.3 Å². The highest BCUT2D eigenvalue weighted by atomic mass is 35.5. The van der Waals surface area contributed by atoms with Gasteiger partial charge in [0.25, 0.3) is 0 Å². The molecule has 0 aromatic heterocycles. The van der Waals surface area contributed by atoms with Crippen molar-refractivity contribution in [3.8, 4) is 0 Å². The topological polar surface area (TPSA) is 66.4 Å². The first-order valence-electron chi connectivity index (χ1n) is 6.84. The number of benzene rings is 1. The average Bonchev–Trinajstić information content (AvgIpc) is 2.92. The molecule has 1 atom stereocenters. The van der Waals surface area contributed by atoms with Crippen LogP contribution in [0.2, 0.25) is 5.02 Å². The van der Waals surface area contributed by atoms with Crippen LogP contribution in [0.5, 0.6) is 0 Å². The first-order chi connectivity index (χ1) is 9.56. The molecular weight excluding hydrogens is 278 g/mol. The number of halogens is 1. The molecule has 1 saturated carbocycles. The molecule has 1 aliphatic carbocycles. The molecule has 2 rings (SSSR count). The molecule has 1 aromatic rings. The molecule has 108 valence electrons. The van der Waals surface area contributed by atoms with Gasteiger partial charge in [-0.25, -0.2) is 0 Å². The van der Waals surface area contributed by atoms with Crippen molar-refractivity contribution in [2.24, 2.45) is 5.92 Å². The lowest BCUT2D eigenvalue weighted by Gasteiger charge is -2.20. The second-order valence-corrected chi connectivity index (χ2v) is 5.63. The largest absolute Gasteiger partial charge is 0.481 e. The van der Waals surface area contributed by atoms with Crippen LogP contribution in [0.25, 0.3) is 0 Å². The fourth-order valence-corrected chi connectivity index (χ4v) is 2.73. The Hall–Kier alpha value is -1.55. The highest BCUT2D eigenvalue weighted by Gasteiger charge is 2.26. The van der Waals surface area contributed by atoms with Gasteiger partial charge in [0.1, 0.15) is 0 Å². The van der Waals surface area contributed by atoms with E-state index < -0.39 is 12.0 Å². The minimum absolute atomic E-state index is 0.0265. The van der Waals surface area contributed by atoms with Gasteiger partial charge in [0.2, 0.25) is 5.91 Å². The van der Waals surface area contributed by atoms with Crippen LogP contribution in [0, 0.1) is 5.92 Å². The van der Waals surface area contributed by atoms with Crippen molar-refractivity contribution in [2.45, 2.75) is 38.1 Å². The van der Waals surface area contributed by atoms with E-state index in [1.807, 2.05) is 0 Å². The summed E-state index contributed by atoms with van der Waals surface area (Å²) in [6, 6.07) is 6.41. The Morgan fingerprint density at radius 3 is 2.40 bits per heavy atom. The Labute approximate surface area is 123 Å². The van der Waals surface area contributed by atoms with Gasteiger partial charge in [0, 0.05) is 10.9 Å². The van der Waals surface area contributed by atoms with E-state index in [2.05, 4.69) is 5.32 Å². The number of rotatable bonds is 5. The van der Waals surface area contributed by atoms with Crippen LogP contribution >= 0.6 is 11.6 Å². The maximum atomic E-state index is 12.1. The lowest BCUT2D eigenvalue weighted by molar-refractivity contribution is -0.137. The molecular formula is C15H18ClNO3. The van der Waals surface area contributed by atoms with Gasteiger partial charge >= 0.3 is 5.97 Å². The van der Waals surface area contributed by atoms with Gasteiger partial charge in [-0.1, -0.05) is 36.6 Å². The standard InChI is InChI=1S/C15H18ClNO3/c16-12-7-5-10(6-8-12)13(9-14(18)19)17-15(20)11-3-1-2-4-11/h5-8,11,13H,1-4,9H2,(H,17,20)(H,18,19)/t13-/m0/s1. The summed E-state index contributed by atoms with van der Waals surface area (Å²) in [5, 5.41) is 12.5. The maximum absolute atomic E-state index is 12.1. The van der Waals surface area contributed by atoms with Gasteiger partial charge in [0.15, 0.2) is 0 Å². The molecule has 0 unspecified atom stereocenters. The number of hydrogen-bond acceptors (Lipinski definition) is 2. The molecule has 1 amide bonds. The van der Waals surface area contributed by atoms with Crippen LogP contribution < -0.4 is 5.32 Å². The summed E-state index contributed by atoms with van der Waals surface area (Å²) in [7, 11) is 0. The number of carbonyl (C=O) groups is 2. The van der Waals surface area contributed by atoms with E-state index >= 15 is 0 Å². The quantitative estimate of drug-likeness (QED) is 0.877. The third-order valence-corrected chi connectivity index (χ3v) is 3.95. The van der Waals surface area contributed by atoms with Crippen molar-refractivity contribution in [3.05, 3.63) is 34.9 Å². The van der Waals surface area contributed by atoms with Gasteiger partial charge in [-0.3, -0.25) is 9.59 Å². The third kappa shape index (κ3) is 3.97. The normalized spacial score (nSPS) is 16.9. The Morgan fingerprint density at radius 1 is 1.25 bits per heavy atom. The molecule has 0 spiro atoms. The van der Waals surface area contributed by atoms with Crippen molar-refractivity contribution in [1.82, 2.24) is 5.32 Å². The number of nitrogens with one attached hydrogen (secondary N) is 1. The van der Waals surface area contributed by atoms with Gasteiger partial charge in [-0.05, 0) is 30.5 Å². The van der Waals surface area contributed by atoms with Gasteiger partial charge < -0.3 is 10.4 Å². The lowest BCUT2D eigenvalue weighted by atomic mass is 10.0. The predicted molar refractivity (Wildman–Crippen MR) is 76.5 cm³/mol. The van der Waals surface area contributed by atoms with Crippen molar-refractivity contribution < 1.29 is 14.7 Å². The van der Waals surface area contributed by atoms with E-state index in [-0.39, 0.29) is 18.2 Å². The highest BCUT2D eigenvalue weighted by Crippen LogP contribution is 2.26. The third-order valence-electron chi connectivity index (χ3n) is 3.69. The zero-order valence-electron chi connectivity index (χ0n) is 11.1. The Morgan fingerprint density at radius 2 is 1.85 bits per heavy atom. The molecule has 2 N–H and O–H groups in total. The molecule has 1 fully saturated rings. The zero-order chi connectivity index (χ0) is 14.5. The second-order valence-electron chi connectivity index (χ2n) is 5.19. The van der Waals surface area contributed by atoms with E-state index in [1.165, 1.54) is 0 Å². The van der Waals surface area contributed by atoms with E-state index in [1.54, 1.807) is 24.3 Å². The van der Waals surface area contributed by atoms with Gasteiger partial charge in [-0.2, -0.15) is 0 Å². The summed E-state index contributed by atoms with van der Waals surface area (Å²) >= 11 is 5.83. The van der Waals surface area contributed by atoms with Crippen molar-refractivity contribution in [2.75, 3.05) is 0 Å². The summed E-state index contributed by atoms with van der Waals surface area (Å²) in [4.78, 5) is 23.1. The molecule has 1 aromatic carbocycles. The summed E-state index contributed by atoms with van der Waals surface area (Å²) in [5.74, 6) is -0.945. The van der Waals surface area contributed by atoms with Crippen molar-refractivity contribution in [1.29, 1.82) is 0 Å². The molecule has 4 nitrogen and oxygen atoms in total. The predicted octanol–water partition coefficient (Wildman–Crippen LogP) is 3.16. The molecule has 0 radical (unpaired) electrons. The summed E-state index contributed by atoms with van der Waals surface area (Å²) in [6.07, 6.45) is 3.81. The van der Waals surface area contributed by atoms with Crippen LogP contribution in [0.3, 0.4) is 0 Å². The second kappa shape index (κ2) is 6.75. The number of amides is 1. The van der Waals surface area contributed by atoms with Crippen molar-refractivity contribution in [3.63, 3.8) is 0 Å². The Balaban J connectivity index is 2.08. The smallest absolute Gasteiger partial charge is 0.305 e. The van der Waals surface area contributed by atoms with Crippen LogP contribution in [-0.2, 0) is 9.59 Å². The lowest BCUT2D eigenvalue weighted by Crippen LogP contribution is -2.34. The maximum Gasteiger partial charge on any atom is 0.305 e. The van der Waals surface area contributed by atoms with Gasteiger partial charge in [0.05, 0.1) is 12.5 Å². The minimum atomic E-state index is -0.934. The minimum Gasteiger partial charge on any atom is -0.481 e. The SMILES string of the molecule is O=C(O)C[C@H](NC(=O)C1CCCC1)c1ccc(Cl)cc1. The Bertz CT molecular complexity index is 480. The number of aliphatic carboxylic acids is 1. The van der Waals surface area contributed by atoms with Crippen LogP contribution in [0.4, 0.5) is 0 Å². The van der Waals surface area contributed by atoms with E-state index in [0.717, 1.165) is 31.2 Å². The van der Waals surface area contributed by atoms with Crippen LogP contribution in [0.1, 0.15) is 43.7 Å². The molecule has 0 saturated heterocycles. The van der Waals surface area contributed by atoms with Crippen molar-refractivity contribution >= 4 is 23.5 Å². The summed E-state index contributed by atoms with van der Waals surface area (Å²) in [5.41, 5.74) is 0.767. The summed E-state index contributed by atoms with van der Waals surface area (Å²) in [6.45, 7) is 0. The molecule has 5 heteroatoms. The average molecular weight is 296 g/mol. The molecule has 0 aliphatic heterocycles. The molecule has 1 aliphatic rings. The molecule has 0 bridgehead atoms. The number of carbonyl (C=O) groups excluding carboxylic acids is 1. The molecule has 0 heterocycles. The number of carboxylic acids is 1. The Kier molecular flexibility index (Phi) is 5.01. The number of carboxylic acid groups (broad SMARTS) is 1. The first-order valence-corrected chi connectivity index (χ1v) is 7.21. The van der Waals surface area contributed by atoms with Gasteiger partial charge in [-0.15, -0.1) is 0 Å². The van der Waals surface area contributed by atoms with E-state index in [4.69, 9.17) is 16.7 Å². The first kappa shape index (κ1) is 14.9. The number of hydrogen-bond donors (Lipinski definition) is 2. The van der Waals surface area contributed by atoms with Crippen LogP contribution in [-0.4, -0.2) is 17.0 Å².